The Hall–Kier alpha value is -3.03. The molecule has 28 heavy (non-hydrogen) atoms. The number of aryl methyl sites for hydroxylation is 1. The van der Waals surface area contributed by atoms with Gasteiger partial charge in [0.05, 0.1) is 11.4 Å². The van der Waals surface area contributed by atoms with Gasteiger partial charge in [-0.3, -0.25) is 4.79 Å². The molecule has 1 N–H and O–H groups in total. The van der Waals surface area contributed by atoms with Gasteiger partial charge in [0.25, 0.3) is 5.91 Å². The van der Waals surface area contributed by atoms with Gasteiger partial charge < -0.3 is 9.88 Å². The number of halogens is 1. The lowest BCUT2D eigenvalue weighted by Gasteiger charge is -2.12. The molecular formula is C20H16ClN5OS. The zero-order chi connectivity index (χ0) is 19.5. The first-order chi connectivity index (χ1) is 13.6. The third-order valence-electron chi connectivity index (χ3n) is 4.07. The zero-order valence-corrected chi connectivity index (χ0v) is 16.5. The zero-order valence-electron chi connectivity index (χ0n) is 14.9. The molecule has 0 fully saturated rings. The molecule has 0 spiro atoms. The van der Waals surface area contributed by atoms with Crippen molar-refractivity contribution in [3.63, 3.8) is 0 Å². The van der Waals surface area contributed by atoms with Crippen LogP contribution in [0.1, 0.15) is 10.4 Å². The van der Waals surface area contributed by atoms with Crippen molar-refractivity contribution in [2.24, 2.45) is 7.05 Å². The molecule has 8 heteroatoms. The highest BCUT2D eigenvalue weighted by molar-refractivity contribution is 7.99. The molecule has 4 aromatic rings. The molecule has 0 radical (unpaired) electrons. The highest BCUT2D eigenvalue weighted by atomic mass is 35.5. The van der Waals surface area contributed by atoms with E-state index in [1.165, 1.54) is 11.8 Å². The SMILES string of the molecule is Cn1ccnc1Sc1ccc(Cl)cc1NC(=O)c1ccc(-n2cccn2)cc1. The summed E-state index contributed by atoms with van der Waals surface area (Å²) in [5, 5.41) is 8.50. The number of carbonyl (C=O) groups is 1. The average Bonchev–Trinajstić information content (AvgIpc) is 3.36. The molecule has 0 aliphatic heterocycles. The Morgan fingerprint density at radius 1 is 1.11 bits per heavy atom. The van der Waals surface area contributed by atoms with E-state index < -0.39 is 0 Å². The Labute approximate surface area is 171 Å². The molecule has 0 bridgehead atoms. The lowest BCUT2D eigenvalue weighted by molar-refractivity contribution is 0.102. The van der Waals surface area contributed by atoms with Gasteiger partial charge in [-0.25, -0.2) is 9.67 Å². The Morgan fingerprint density at radius 3 is 2.61 bits per heavy atom. The standard InChI is InChI=1S/C20H16ClN5OS/c1-25-12-10-22-20(25)28-18-8-5-15(21)13-17(18)24-19(27)14-3-6-16(7-4-14)26-11-2-9-23-26/h2-13H,1H3,(H,24,27). The van der Waals surface area contributed by atoms with Crippen molar-refractivity contribution in [3.05, 3.63) is 83.9 Å². The summed E-state index contributed by atoms with van der Waals surface area (Å²) in [6.07, 6.45) is 7.16. The third kappa shape index (κ3) is 3.95. The molecular weight excluding hydrogens is 394 g/mol. The minimum atomic E-state index is -0.212. The maximum absolute atomic E-state index is 12.7. The van der Waals surface area contributed by atoms with Gasteiger partial charge >= 0.3 is 0 Å². The van der Waals surface area contributed by atoms with Gasteiger partial charge in [0.15, 0.2) is 5.16 Å². The Bertz CT molecular complexity index is 1110. The molecule has 1 amide bonds. The number of carbonyl (C=O) groups excluding carboxylic acids is 1. The summed E-state index contributed by atoms with van der Waals surface area (Å²) in [6, 6.07) is 14.5. The largest absolute Gasteiger partial charge is 0.329 e. The Balaban J connectivity index is 1.55. The van der Waals surface area contributed by atoms with Gasteiger partial charge in [-0.15, -0.1) is 0 Å². The quantitative estimate of drug-likeness (QED) is 0.520. The minimum absolute atomic E-state index is 0.212. The van der Waals surface area contributed by atoms with Crippen molar-refractivity contribution in [3.8, 4) is 5.69 Å². The van der Waals surface area contributed by atoms with Crippen LogP contribution in [0.15, 0.2) is 83.4 Å². The number of nitrogens with zero attached hydrogens (tertiary/aromatic N) is 4. The summed E-state index contributed by atoms with van der Waals surface area (Å²) in [5.41, 5.74) is 2.07. The monoisotopic (exact) mass is 409 g/mol. The van der Waals surface area contributed by atoms with Crippen LogP contribution < -0.4 is 5.32 Å². The number of hydrogen-bond donors (Lipinski definition) is 1. The molecule has 0 unspecified atom stereocenters. The molecule has 2 aromatic carbocycles. The number of nitrogens with one attached hydrogen (secondary N) is 1. The Kier molecular flexibility index (Phi) is 5.18. The summed E-state index contributed by atoms with van der Waals surface area (Å²) >= 11 is 7.61. The summed E-state index contributed by atoms with van der Waals surface area (Å²) in [6.45, 7) is 0. The van der Waals surface area contributed by atoms with Crippen LogP contribution in [0.3, 0.4) is 0 Å². The van der Waals surface area contributed by atoms with E-state index in [4.69, 9.17) is 11.6 Å². The number of aromatic nitrogens is 4. The lowest BCUT2D eigenvalue weighted by atomic mass is 10.2. The van der Waals surface area contributed by atoms with Crippen LogP contribution in [0.5, 0.6) is 0 Å². The number of anilines is 1. The van der Waals surface area contributed by atoms with Crippen LogP contribution in [0.2, 0.25) is 5.02 Å². The third-order valence-corrected chi connectivity index (χ3v) is 5.45. The van der Waals surface area contributed by atoms with Crippen molar-refractivity contribution in [2.45, 2.75) is 10.1 Å². The van der Waals surface area contributed by atoms with Gasteiger partial charge in [0, 0.05) is 47.3 Å². The maximum Gasteiger partial charge on any atom is 0.255 e. The second-order valence-electron chi connectivity index (χ2n) is 6.01. The van der Waals surface area contributed by atoms with E-state index >= 15 is 0 Å². The molecule has 140 valence electrons. The fourth-order valence-corrected chi connectivity index (χ4v) is 3.66. The van der Waals surface area contributed by atoms with Gasteiger partial charge in [0.2, 0.25) is 0 Å². The van der Waals surface area contributed by atoms with E-state index in [1.807, 2.05) is 48.3 Å². The molecule has 0 atom stereocenters. The normalized spacial score (nSPS) is 10.8. The average molecular weight is 410 g/mol. The molecule has 0 aliphatic rings. The van der Waals surface area contributed by atoms with Crippen LogP contribution in [0.4, 0.5) is 5.69 Å². The van der Waals surface area contributed by atoms with E-state index in [2.05, 4.69) is 15.4 Å². The van der Waals surface area contributed by atoms with Crippen molar-refractivity contribution in [1.29, 1.82) is 0 Å². The predicted octanol–water partition coefficient (Wildman–Crippen LogP) is 4.66. The van der Waals surface area contributed by atoms with Crippen molar-refractivity contribution < 1.29 is 4.79 Å². The molecule has 0 saturated carbocycles. The molecule has 2 heterocycles. The van der Waals surface area contributed by atoms with Gasteiger partial charge in [-0.05, 0) is 60.3 Å². The summed E-state index contributed by atoms with van der Waals surface area (Å²) in [5.74, 6) is -0.212. The second kappa shape index (κ2) is 7.92. The highest BCUT2D eigenvalue weighted by Crippen LogP contribution is 2.34. The Morgan fingerprint density at radius 2 is 1.93 bits per heavy atom. The summed E-state index contributed by atoms with van der Waals surface area (Å²) in [4.78, 5) is 17.9. The van der Waals surface area contributed by atoms with E-state index in [0.717, 1.165) is 15.7 Å². The molecule has 6 nitrogen and oxygen atoms in total. The number of imidazole rings is 1. The first-order valence-corrected chi connectivity index (χ1v) is 9.66. The van der Waals surface area contributed by atoms with Gasteiger partial charge in [-0.1, -0.05) is 11.6 Å². The van der Waals surface area contributed by atoms with Crippen LogP contribution in [-0.4, -0.2) is 25.2 Å². The predicted molar refractivity (Wildman–Crippen MR) is 110 cm³/mol. The topological polar surface area (TPSA) is 64.7 Å². The molecule has 2 aromatic heterocycles. The number of amides is 1. The maximum atomic E-state index is 12.7. The van der Waals surface area contributed by atoms with Crippen LogP contribution in [0.25, 0.3) is 5.69 Å². The van der Waals surface area contributed by atoms with Crippen molar-refractivity contribution in [1.82, 2.24) is 19.3 Å². The van der Waals surface area contributed by atoms with Crippen LogP contribution in [0, 0.1) is 0 Å². The van der Waals surface area contributed by atoms with E-state index in [1.54, 1.807) is 41.3 Å². The number of hydrogen-bond acceptors (Lipinski definition) is 4. The lowest BCUT2D eigenvalue weighted by Crippen LogP contribution is -2.12. The van der Waals surface area contributed by atoms with E-state index in [9.17, 15) is 4.79 Å². The summed E-state index contributed by atoms with van der Waals surface area (Å²) in [7, 11) is 1.92. The molecule has 4 rings (SSSR count). The number of benzene rings is 2. The fraction of sp³-hybridized carbons (Fsp3) is 0.0500. The van der Waals surface area contributed by atoms with Crippen LogP contribution in [-0.2, 0) is 7.05 Å². The molecule has 0 aliphatic carbocycles. The summed E-state index contributed by atoms with van der Waals surface area (Å²) < 4.78 is 3.65. The van der Waals surface area contributed by atoms with E-state index in [0.29, 0.717) is 16.3 Å². The fourth-order valence-electron chi connectivity index (χ4n) is 2.62. The van der Waals surface area contributed by atoms with Crippen molar-refractivity contribution in [2.75, 3.05) is 5.32 Å². The van der Waals surface area contributed by atoms with Crippen molar-refractivity contribution >= 4 is 35.0 Å². The minimum Gasteiger partial charge on any atom is -0.329 e. The van der Waals surface area contributed by atoms with Gasteiger partial charge in [-0.2, -0.15) is 5.10 Å². The number of rotatable bonds is 5. The van der Waals surface area contributed by atoms with Crippen LogP contribution >= 0.6 is 23.4 Å². The second-order valence-corrected chi connectivity index (χ2v) is 7.46. The molecule has 0 saturated heterocycles. The van der Waals surface area contributed by atoms with E-state index in [-0.39, 0.29) is 5.91 Å². The first kappa shape index (κ1) is 18.3. The first-order valence-electron chi connectivity index (χ1n) is 8.46. The van der Waals surface area contributed by atoms with Gasteiger partial charge in [0.1, 0.15) is 0 Å². The highest BCUT2D eigenvalue weighted by Gasteiger charge is 2.13. The smallest absolute Gasteiger partial charge is 0.255 e.